The lowest BCUT2D eigenvalue weighted by molar-refractivity contribution is -0.158. The number of carbonyl (C=O) groups excluding carboxylic acids is 1. The van der Waals surface area contributed by atoms with Gasteiger partial charge < -0.3 is 9.84 Å². The van der Waals surface area contributed by atoms with E-state index in [2.05, 4.69) is 26.8 Å². The molecule has 25 heavy (non-hydrogen) atoms. The molecule has 0 amide bonds. The van der Waals surface area contributed by atoms with Crippen molar-refractivity contribution in [2.24, 2.45) is 22.2 Å². The number of nitrogens with zero attached hydrogens (tertiary/aromatic N) is 1. The Bertz CT molecular complexity index is 499. The van der Waals surface area contributed by atoms with Gasteiger partial charge >= 0.3 is 11.9 Å². The third-order valence-corrected chi connectivity index (χ3v) is 5.22. The number of ether oxygens (including phenoxy) is 1. The normalized spacial score (nSPS) is 15.8. The topological polar surface area (TPSA) is 87.4 Å². The lowest BCUT2D eigenvalue weighted by Crippen LogP contribution is -2.46. The molecule has 144 valence electrons. The second-order valence-electron chi connectivity index (χ2n) is 8.90. The molecule has 0 bridgehead atoms. The van der Waals surface area contributed by atoms with Gasteiger partial charge in [-0.1, -0.05) is 48.0 Å². The molecule has 0 aromatic carbocycles. The number of carboxylic acids is 1. The van der Waals surface area contributed by atoms with Crippen LogP contribution in [0.25, 0.3) is 0 Å². The minimum atomic E-state index is -0.939. The number of hydrogen-bond donors (Lipinski definition) is 1. The molecule has 0 saturated carbocycles. The summed E-state index contributed by atoms with van der Waals surface area (Å²) in [4.78, 5) is 23.8. The van der Waals surface area contributed by atoms with Crippen LogP contribution in [-0.4, -0.2) is 23.7 Å². The van der Waals surface area contributed by atoms with Crippen molar-refractivity contribution in [3.05, 3.63) is 0 Å². The van der Waals surface area contributed by atoms with Crippen LogP contribution in [0.4, 0.5) is 0 Å². The minimum Gasteiger partial charge on any atom is -0.481 e. The number of carboxylic acid groups (broad SMARTS) is 1. The Hall–Kier alpha value is -1.57. The first kappa shape index (κ1) is 23.4. The molecule has 0 radical (unpaired) electrons. The maximum absolute atomic E-state index is 12.8. The van der Waals surface area contributed by atoms with Crippen LogP contribution in [-0.2, 0) is 14.3 Å². The predicted octanol–water partition coefficient (Wildman–Crippen LogP) is 4.80. The fourth-order valence-corrected chi connectivity index (χ4v) is 2.93. The highest BCUT2D eigenvalue weighted by molar-refractivity contribution is 5.74. The zero-order chi connectivity index (χ0) is 19.9. The molecule has 0 aromatic heterocycles. The fourth-order valence-electron chi connectivity index (χ4n) is 2.93. The summed E-state index contributed by atoms with van der Waals surface area (Å²) in [6, 6.07) is 2.29. The van der Waals surface area contributed by atoms with Crippen LogP contribution in [0.2, 0.25) is 0 Å². The molecule has 2 unspecified atom stereocenters. The predicted molar refractivity (Wildman–Crippen MR) is 97.8 cm³/mol. The largest absolute Gasteiger partial charge is 0.481 e. The van der Waals surface area contributed by atoms with Gasteiger partial charge in [0.25, 0.3) is 0 Å². The molecule has 1 N–H and O–H groups in total. The Morgan fingerprint density at radius 1 is 1.16 bits per heavy atom. The highest BCUT2D eigenvalue weighted by Gasteiger charge is 2.50. The van der Waals surface area contributed by atoms with Crippen LogP contribution in [0.5, 0.6) is 0 Å². The standard InChI is InChI=1S/C20H35NO4/c1-8-9-12-25-17(24)15(13-18(2,3)4)19(5,6)20(7,14-21)11-10-16(22)23/h15H,8-13H2,1-7H3,(H,22,23). The first-order valence-corrected chi connectivity index (χ1v) is 9.10. The number of carbonyl (C=O) groups is 2. The summed E-state index contributed by atoms with van der Waals surface area (Å²) < 4.78 is 5.48. The smallest absolute Gasteiger partial charge is 0.309 e. The van der Waals surface area contributed by atoms with Crippen LogP contribution in [0.3, 0.4) is 0 Å². The Morgan fingerprint density at radius 2 is 1.72 bits per heavy atom. The van der Waals surface area contributed by atoms with Crippen molar-refractivity contribution >= 4 is 11.9 Å². The van der Waals surface area contributed by atoms with E-state index in [-0.39, 0.29) is 24.2 Å². The van der Waals surface area contributed by atoms with Gasteiger partial charge in [0, 0.05) is 6.42 Å². The van der Waals surface area contributed by atoms with Crippen LogP contribution in [0.1, 0.15) is 80.6 Å². The first-order chi connectivity index (χ1) is 11.3. The molecule has 0 aliphatic heterocycles. The number of aliphatic carboxylic acids is 1. The molecular formula is C20H35NO4. The minimum absolute atomic E-state index is 0.0966. The van der Waals surface area contributed by atoms with Crippen LogP contribution in [0, 0.1) is 33.5 Å². The molecular weight excluding hydrogens is 318 g/mol. The van der Waals surface area contributed by atoms with Crippen molar-refractivity contribution in [1.82, 2.24) is 0 Å². The van der Waals surface area contributed by atoms with Crippen molar-refractivity contribution < 1.29 is 19.4 Å². The van der Waals surface area contributed by atoms with Crippen molar-refractivity contribution in [2.45, 2.75) is 80.6 Å². The number of rotatable bonds is 10. The Balaban J connectivity index is 5.65. The monoisotopic (exact) mass is 353 g/mol. The van der Waals surface area contributed by atoms with Crippen molar-refractivity contribution in [1.29, 1.82) is 5.26 Å². The number of nitriles is 1. The fraction of sp³-hybridized carbons (Fsp3) is 0.850. The molecule has 5 nitrogen and oxygen atoms in total. The number of esters is 1. The van der Waals surface area contributed by atoms with Crippen LogP contribution in [0.15, 0.2) is 0 Å². The van der Waals surface area contributed by atoms with Crippen LogP contribution >= 0.6 is 0 Å². The maximum atomic E-state index is 12.8. The average molecular weight is 354 g/mol. The average Bonchev–Trinajstić information content (AvgIpc) is 2.49. The Morgan fingerprint density at radius 3 is 2.12 bits per heavy atom. The van der Waals surface area contributed by atoms with Gasteiger partial charge in [0.05, 0.1) is 24.0 Å². The van der Waals surface area contributed by atoms with Gasteiger partial charge in [0.15, 0.2) is 0 Å². The summed E-state index contributed by atoms with van der Waals surface area (Å²) in [7, 11) is 0. The maximum Gasteiger partial charge on any atom is 0.309 e. The second kappa shape index (κ2) is 9.22. The van der Waals surface area contributed by atoms with Gasteiger partial charge in [-0.25, -0.2) is 0 Å². The van der Waals surface area contributed by atoms with E-state index in [0.29, 0.717) is 13.0 Å². The van der Waals surface area contributed by atoms with E-state index in [4.69, 9.17) is 9.84 Å². The zero-order valence-corrected chi connectivity index (χ0v) is 16.9. The molecule has 0 spiro atoms. The van der Waals surface area contributed by atoms with Gasteiger partial charge in [-0.15, -0.1) is 0 Å². The Labute approximate surface area is 152 Å². The van der Waals surface area contributed by atoms with E-state index >= 15 is 0 Å². The molecule has 0 aliphatic carbocycles. The van der Waals surface area contributed by atoms with E-state index in [1.54, 1.807) is 6.92 Å². The second-order valence-corrected chi connectivity index (χ2v) is 8.90. The van der Waals surface area contributed by atoms with Gasteiger partial charge in [-0.3, -0.25) is 9.59 Å². The van der Waals surface area contributed by atoms with Crippen molar-refractivity contribution in [3.63, 3.8) is 0 Å². The van der Waals surface area contributed by atoms with E-state index < -0.39 is 22.7 Å². The molecule has 2 atom stereocenters. The van der Waals surface area contributed by atoms with E-state index in [1.165, 1.54) is 0 Å². The quantitative estimate of drug-likeness (QED) is 0.450. The summed E-state index contributed by atoms with van der Waals surface area (Å²) in [6.07, 6.45) is 2.43. The summed E-state index contributed by atoms with van der Waals surface area (Å²) in [5, 5.41) is 18.8. The number of unbranched alkanes of at least 4 members (excludes halogenated alkanes) is 1. The van der Waals surface area contributed by atoms with Crippen LogP contribution < -0.4 is 0 Å². The summed E-state index contributed by atoms with van der Waals surface area (Å²) in [5.74, 6) is -1.69. The third kappa shape index (κ3) is 7.05. The summed E-state index contributed by atoms with van der Waals surface area (Å²) in [5.41, 5.74) is -1.77. The van der Waals surface area contributed by atoms with E-state index in [0.717, 1.165) is 12.8 Å². The third-order valence-electron chi connectivity index (χ3n) is 5.22. The van der Waals surface area contributed by atoms with Gasteiger partial charge in [-0.2, -0.15) is 5.26 Å². The molecule has 0 heterocycles. The van der Waals surface area contributed by atoms with Gasteiger partial charge in [0.2, 0.25) is 0 Å². The lowest BCUT2D eigenvalue weighted by Gasteiger charge is -2.45. The summed E-state index contributed by atoms with van der Waals surface area (Å²) >= 11 is 0. The molecule has 5 heteroatoms. The van der Waals surface area contributed by atoms with E-state index in [9.17, 15) is 14.9 Å². The molecule has 0 fully saturated rings. The van der Waals surface area contributed by atoms with Crippen molar-refractivity contribution in [3.8, 4) is 6.07 Å². The molecule has 0 saturated heterocycles. The first-order valence-electron chi connectivity index (χ1n) is 9.10. The highest BCUT2D eigenvalue weighted by Crippen LogP contribution is 2.51. The molecule has 0 aromatic rings. The summed E-state index contributed by atoms with van der Waals surface area (Å²) in [6.45, 7) is 14.1. The van der Waals surface area contributed by atoms with Crippen molar-refractivity contribution in [2.75, 3.05) is 6.61 Å². The van der Waals surface area contributed by atoms with E-state index in [1.807, 2.05) is 20.8 Å². The van der Waals surface area contributed by atoms with Gasteiger partial charge in [-0.05, 0) is 37.0 Å². The zero-order valence-electron chi connectivity index (χ0n) is 16.9. The highest BCUT2D eigenvalue weighted by atomic mass is 16.5. The number of hydrogen-bond acceptors (Lipinski definition) is 4. The van der Waals surface area contributed by atoms with Gasteiger partial charge in [0.1, 0.15) is 0 Å². The molecule has 0 aliphatic rings. The Kier molecular flexibility index (Phi) is 8.64. The SMILES string of the molecule is CCCCOC(=O)C(CC(C)(C)C)C(C)(C)C(C)(C#N)CCC(=O)O. The molecule has 0 rings (SSSR count). The lowest BCUT2D eigenvalue weighted by atomic mass is 9.56.